The smallest absolute Gasteiger partial charge is 0.365 e. The Morgan fingerprint density at radius 1 is 1.22 bits per heavy atom. The van der Waals surface area contributed by atoms with Gasteiger partial charge in [-0.2, -0.15) is 13.2 Å². The predicted molar refractivity (Wildman–Crippen MR) is 62.2 cm³/mol. The molecule has 1 N–H and O–H groups in total. The summed E-state index contributed by atoms with van der Waals surface area (Å²) in [5, 5.41) is 3.11. The molecule has 1 fully saturated rings. The molecule has 1 saturated heterocycles. The first kappa shape index (κ1) is 13.4. The molecule has 0 saturated carbocycles. The van der Waals surface area contributed by atoms with Crippen LogP contribution in [-0.4, -0.2) is 18.7 Å². The average Bonchev–Trinajstić information content (AvgIpc) is 2.26. The van der Waals surface area contributed by atoms with Gasteiger partial charge in [-0.05, 0) is 31.5 Å². The van der Waals surface area contributed by atoms with E-state index in [1.54, 1.807) is 0 Å². The monoisotopic (exact) mass is 259 g/mol. The van der Waals surface area contributed by atoms with E-state index in [0.717, 1.165) is 30.8 Å². The summed E-state index contributed by atoms with van der Waals surface area (Å²) in [6, 6.07) is 5.14. The van der Waals surface area contributed by atoms with Crippen LogP contribution in [0.25, 0.3) is 0 Å². The number of hydrogen-bond acceptors (Lipinski definition) is 2. The van der Waals surface area contributed by atoms with Crippen molar-refractivity contribution >= 4 is 0 Å². The summed E-state index contributed by atoms with van der Waals surface area (Å²) in [5.74, 6) is 0. The maximum Gasteiger partial charge on any atom is 0.416 e. The molecule has 0 radical (unpaired) electrons. The molecule has 1 aliphatic heterocycles. The summed E-state index contributed by atoms with van der Waals surface area (Å²) in [6.07, 6.45) is -4.49. The minimum atomic E-state index is -4.29. The second-order valence-electron chi connectivity index (χ2n) is 4.93. The first-order valence-electron chi connectivity index (χ1n) is 5.86. The molecule has 0 bridgehead atoms. The third-order valence-corrected chi connectivity index (χ3v) is 3.17. The van der Waals surface area contributed by atoms with Crippen LogP contribution in [0.2, 0.25) is 0 Å². The fraction of sp³-hybridized carbons (Fsp3) is 0.538. The van der Waals surface area contributed by atoms with Crippen LogP contribution in [0.4, 0.5) is 13.2 Å². The fourth-order valence-corrected chi connectivity index (χ4v) is 2.00. The Balaban J connectivity index is 2.05. The number of hydrogen-bond donors (Lipinski definition) is 1. The van der Waals surface area contributed by atoms with Crippen LogP contribution >= 0.6 is 0 Å². The molecule has 1 heterocycles. The highest BCUT2D eigenvalue weighted by molar-refractivity contribution is 5.26. The third-order valence-electron chi connectivity index (χ3n) is 3.17. The van der Waals surface area contributed by atoms with Crippen molar-refractivity contribution in [3.8, 4) is 0 Å². The molecule has 5 heteroatoms. The van der Waals surface area contributed by atoms with Crippen LogP contribution in [-0.2, 0) is 10.9 Å². The van der Waals surface area contributed by atoms with Crippen LogP contribution < -0.4 is 5.32 Å². The van der Waals surface area contributed by atoms with Crippen molar-refractivity contribution in [2.45, 2.75) is 31.7 Å². The van der Waals surface area contributed by atoms with Crippen LogP contribution in [0.5, 0.6) is 0 Å². The first-order valence-corrected chi connectivity index (χ1v) is 5.86. The largest absolute Gasteiger partial charge is 0.416 e. The summed E-state index contributed by atoms with van der Waals surface area (Å²) in [7, 11) is 0. The minimum absolute atomic E-state index is 0.206. The molecule has 1 aromatic carbocycles. The van der Waals surface area contributed by atoms with Gasteiger partial charge in [-0.3, -0.25) is 0 Å². The van der Waals surface area contributed by atoms with E-state index in [1.165, 1.54) is 12.1 Å². The van der Waals surface area contributed by atoms with E-state index in [2.05, 4.69) is 5.32 Å². The Kier molecular flexibility index (Phi) is 3.38. The van der Waals surface area contributed by atoms with Gasteiger partial charge in [-0.1, -0.05) is 12.1 Å². The highest BCUT2D eigenvalue weighted by atomic mass is 19.4. The van der Waals surface area contributed by atoms with Gasteiger partial charge in [0.1, 0.15) is 0 Å². The van der Waals surface area contributed by atoms with E-state index in [-0.39, 0.29) is 11.7 Å². The molecule has 0 aliphatic carbocycles. The van der Waals surface area contributed by atoms with Crippen LogP contribution in [0.15, 0.2) is 24.3 Å². The Labute approximate surface area is 104 Å². The molecule has 100 valence electrons. The van der Waals surface area contributed by atoms with Gasteiger partial charge < -0.3 is 10.1 Å². The van der Waals surface area contributed by atoms with Crippen LogP contribution in [0.3, 0.4) is 0 Å². The van der Waals surface area contributed by atoms with E-state index in [1.807, 2.05) is 13.8 Å². The summed E-state index contributed by atoms with van der Waals surface area (Å²) in [4.78, 5) is 0. The molecule has 18 heavy (non-hydrogen) atoms. The van der Waals surface area contributed by atoms with Gasteiger partial charge in [0, 0.05) is 13.1 Å². The molecule has 1 unspecified atom stereocenters. The molecule has 1 aromatic rings. The van der Waals surface area contributed by atoms with Gasteiger partial charge in [0.05, 0.1) is 17.3 Å². The van der Waals surface area contributed by atoms with Crippen molar-refractivity contribution in [1.82, 2.24) is 5.32 Å². The second-order valence-corrected chi connectivity index (χ2v) is 4.93. The van der Waals surface area contributed by atoms with Crippen molar-refractivity contribution in [2.24, 2.45) is 0 Å². The predicted octanol–water partition coefficient (Wildman–Crippen LogP) is 3.14. The number of ether oxygens (including phenoxy) is 1. The van der Waals surface area contributed by atoms with E-state index < -0.39 is 11.7 Å². The van der Waals surface area contributed by atoms with Gasteiger partial charge in [-0.15, -0.1) is 0 Å². The lowest BCUT2D eigenvalue weighted by atomic mass is 9.98. The summed E-state index contributed by atoms with van der Waals surface area (Å²) in [5.41, 5.74) is -0.0756. The summed E-state index contributed by atoms with van der Waals surface area (Å²) in [6.45, 7) is 5.40. The number of halogens is 3. The Hall–Kier alpha value is -1.07. The maximum atomic E-state index is 12.4. The van der Waals surface area contributed by atoms with Crippen molar-refractivity contribution in [1.29, 1.82) is 0 Å². The van der Waals surface area contributed by atoms with Gasteiger partial charge in [0.2, 0.25) is 0 Å². The molecule has 0 spiro atoms. The van der Waals surface area contributed by atoms with E-state index >= 15 is 0 Å². The number of nitrogens with one attached hydrogen (secondary N) is 1. The number of rotatable bonds is 3. The lowest BCUT2D eigenvalue weighted by molar-refractivity contribution is -0.137. The molecule has 2 nitrogen and oxygen atoms in total. The minimum Gasteiger partial charge on any atom is -0.365 e. The quantitative estimate of drug-likeness (QED) is 0.900. The van der Waals surface area contributed by atoms with E-state index in [9.17, 15) is 13.2 Å². The average molecular weight is 259 g/mol. The number of benzene rings is 1. The fourth-order valence-electron chi connectivity index (χ4n) is 2.00. The topological polar surface area (TPSA) is 21.3 Å². The Morgan fingerprint density at radius 3 is 2.17 bits per heavy atom. The first-order chi connectivity index (χ1) is 8.30. The van der Waals surface area contributed by atoms with Crippen LogP contribution in [0.1, 0.15) is 31.1 Å². The summed E-state index contributed by atoms with van der Waals surface area (Å²) < 4.78 is 43.1. The van der Waals surface area contributed by atoms with Crippen molar-refractivity contribution in [2.75, 3.05) is 13.1 Å². The van der Waals surface area contributed by atoms with E-state index in [4.69, 9.17) is 4.74 Å². The second kappa shape index (κ2) is 4.55. The third kappa shape index (κ3) is 2.84. The molecule has 2 rings (SSSR count). The molecule has 1 aliphatic rings. The van der Waals surface area contributed by atoms with Crippen molar-refractivity contribution in [3.05, 3.63) is 35.4 Å². The maximum absolute atomic E-state index is 12.4. The standard InChI is InChI=1S/C13H16F3NO/c1-9(18-12(2)7-17-8-12)10-3-5-11(6-4-10)13(14,15)16/h3-6,9,17H,7-8H2,1-2H3. The van der Waals surface area contributed by atoms with Gasteiger partial charge >= 0.3 is 6.18 Å². The molecule has 0 amide bonds. The Bertz CT molecular complexity index is 409. The van der Waals surface area contributed by atoms with Gasteiger partial charge in [0.15, 0.2) is 0 Å². The lowest BCUT2D eigenvalue weighted by Crippen LogP contribution is -2.59. The highest BCUT2D eigenvalue weighted by Gasteiger charge is 2.35. The van der Waals surface area contributed by atoms with Crippen molar-refractivity contribution in [3.63, 3.8) is 0 Å². The van der Waals surface area contributed by atoms with Crippen molar-refractivity contribution < 1.29 is 17.9 Å². The van der Waals surface area contributed by atoms with E-state index in [0.29, 0.717) is 0 Å². The molecule has 0 aromatic heterocycles. The van der Waals surface area contributed by atoms with Gasteiger partial charge in [0.25, 0.3) is 0 Å². The SMILES string of the molecule is CC(OC1(C)CNC1)c1ccc(C(F)(F)F)cc1. The van der Waals surface area contributed by atoms with Crippen LogP contribution in [0, 0.1) is 0 Å². The summed E-state index contributed by atoms with van der Waals surface area (Å²) >= 11 is 0. The molecular formula is C13H16F3NO. The van der Waals surface area contributed by atoms with Gasteiger partial charge in [-0.25, -0.2) is 0 Å². The zero-order chi connectivity index (χ0) is 13.4. The molecular weight excluding hydrogens is 243 g/mol. The highest BCUT2D eigenvalue weighted by Crippen LogP contribution is 2.31. The Morgan fingerprint density at radius 2 is 1.78 bits per heavy atom. The zero-order valence-corrected chi connectivity index (χ0v) is 10.3. The lowest BCUT2D eigenvalue weighted by Gasteiger charge is -2.41. The number of alkyl halides is 3. The molecule has 1 atom stereocenters. The normalized spacial score (nSPS) is 20.3. The zero-order valence-electron chi connectivity index (χ0n) is 10.3.